The Morgan fingerprint density at radius 1 is 1.17 bits per heavy atom. The number of aryl methyl sites for hydroxylation is 3. The molecular weight excluding hydrogens is 388 g/mol. The van der Waals surface area contributed by atoms with Crippen LogP contribution in [0.15, 0.2) is 36.4 Å². The molecule has 1 amide bonds. The predicted molar refractivity (Wildman–Crippen MR) is 113 cm³/mol. The van der Waals surface area contributed by atoms with Crippen molar-refractivity contribution in [2.24, 2.45) is 0 Å². The number of anilines is 1. The molecule has 2 atom stereocenters. The van der Waals surface area contributed by atoms with Crippen LogP contribution in [-0.2, 0) is 27.7 Å². The third kappa shape index (κ3) is 3.96. The van der Waals surface area contributed by atoms with Crippen molar-refractivity contribution in [2.45, 2.75) is 45.3 Å². The number of sulfonamides is 1. The monoisotopic (exact) mass is 414 g/mol. The number of carbonyl (C=O) groups excluding carboxylic acids is 1. The van der Waals surface area contributed by atoms with Crippen molar-refractivity contribution >= 4 is 21.6 Å². The van der Waals surface area contributed by atoms with Gasteiger partial charge >= 0.3 is 0 Å². The van der Waals surface area contributed by atoms with E-state index in [9.17, 15) is 13.2 Å². The van der Waals surface area contributed by atoms with Gasteiger partial charge in [-0.25, -0.2) is 8.42 Å². The van der Waals surface area contributed by atoms with Gasteiger partial charge in [0.15, 0.2) is 6.10 Å². The van der Waals surface area contributed by atoms with Gasteiger partial charge in [0.1, 0.15) is 5.75 Å². The van der Waals surface area contributed by atoms with Crippen molar-refractivity contribution in [3.05, 3.63) is 58.7 Å². The highest BCUT2D eigenvalue weighted by atomic mass is 32.2. The third-order valence-corrected chi connectivity index (χ3v) is 6.80. The molecule has 29 heavy (non-hydrogen) atoms. The molecule has 7 heteroatoms. The molecule has 2 aromatic rings. The Kier molecular flexibility index (Phi) is 5.02. The summed E-state index contributed by atoms with van der Waals surface area (Å²) in [7, 11) is -3.54. The van der Waals surface area contributed by atoms with E-state index in [0.717, 1.165) is 30.2 Å². The standard InChI is InChI=1S/C22H26N2O4S/c1-14-7-10-20-19(11-14)24(29(3,26)27)13-21(28-20)22(25)23-15(2)17-9-8-16-5-4-6-18(16)12-17/h7-12,15,21H,4-6,13H2,1-3H3,(H,23,25)/t15-,21-/m1/s1. The highest BCUT2D eigenvalue weighted by Crippen LogP contribution is 2.36. The largest absolute Gasteiger partial charge is 0.476 e. The Hall–Kier alpha value is -2.54. The van der Waals surface area contributed by atoms with E-state index in [1.54, 1.807) is 12.1 Å². The second-order valence-electron chi connectivity index (χ2n) is 7.98. The molecule has 2 aliphatic rings. The van der Waals surface area contributed by atoms with Crippen LogP contribution >= 0.6 is 0 Å². The molecule has 6 nitrogen and oxygen atoms in total. The van der Waals surface area contributed by atoms with Gasteiger partial charge < -0.3 is 10.1 Å². The molecule has 0 saturated carbocycles. The van der Waals surface area contributed by atoms with E-state index in [4.69, 9.17) is 4.74 Å². The molecule has 1 aliphatic heterocycles. The maximum absolute atomic E-state index is 12.9. The van der Waals surface area contributed by atoms with Gasteiger partial charge in [-0.15, -0.1) is 0 Å². The number of ether oxygens (including phenoxy) is 1. The fourth-order valence-corrected chi connectivity index (χ4v) is 4.97. The van der Waals surface area contributed by atoms with Crippen LogP contribution in [0.2, 0.25) is 0 Å². The van der Waals surface area contributed by atoms with Gasteiger partial charge in [-0.3, -0.25) is 9.10 Å². The van der Waals surface area contributed by atoms with Crippen LogP contribution in [0, 0.1) is 6.92 Å². The Labute approximate surface area is 171 Å². The lowest BCUT2D eigenvalue weighted by molar-refractivity contribution is -0.128. The average molecular weight is 415 g/mol. The zero-order chi connectivity index (χ0) is 20.8. The maximum atomic E-state index is 12.9. The number of nitrogens with zero attached hydrogens (tertiary/aromatic N) is 1. The Morgan fingerprint density at radius 2 is 1.93 bits per heavy atom. The smallest absolute Gasteiger partial charge is 0.263 e. The van der Waals surface area contributed by atoms with Crippen LogP contribution in [0.3, 0.4) is 0 Å². The summed E-state index contributed by atoms with van der Waals surface area (Å²) in [5.74, 6) is 0.0792. The van der Waals surface area contributed by atoms with E-state index >= 15 is 0 Å². The molecule has 1 heterocycles. The Morgan fingerprint density at radius 3 is 2.69 bits per heavy atom. The number of benzene rings is 2. The van der Waals surface area contributed by atoms with Crippen molar-refractivity contribution < 1.29 is 17.9 Å². The third-order valence-electron chi connectivity index (χ3n) is 5.66. The number of carbonyl (C=O) groups is 1. The van der Waals surface area contributed by atoms with Gasteiger partial charge in [0.25, 0.3) is 5.91 Å². The molecule has 0 unspecified atom stereocenters. The van der Waals surface area contributed by atoms with E-state index in [2.05, 4.69) is 23.5 Å². The summed E-state index contributed by atoms with van der Waals surface area (Å²) in [4.78, 5) is 12.9. The summed E-state index contributed by atoms with van der Waals surface area (Å²) < 4.78 is 31.8. The number of hydrogen-bond donors (Lipinski definition) is 1. The molecule has 0 fully saturated rings. The van der Waals surface area contributed by atoms with Gasteiger partial charge in [-0.1, -0.05) is 24.3 Å². The topological polar surface area (TPSA) is 75.7 Å². The summed E-state index contributed by atoms with van der Waals surface area (Å²) >= 11 is 0. The molecule has 0 radical (unpaired) electrons. The van der Waals surface area contributed by atoms with Crippen LogP contribution in [0.25, 0.3) is 0 Å². The SMILES string of the molecule is Cc1ccc2c(c1)N(S(C)(=O)=O)C[C@H](C(=O)N[C@H](C)c1ccc3c(c1)CCC3)O2. The second-order valence-corrected chi connectivity index (χ2v) is 9.89. The van der Waals surface area contributed by atoms with Crippen molar-refractivity contribution in [2.75, 3.05) is 17.1 Å². The van der Waals surface area contributed by atoms with Crippen molar-refractivity contribution in [3.8, 4) is 5.75 Å². The first kappa shape index (κ1) is 19.8. The van der Waals surface area contributed by atoms with Crippen LogP contribution in [-0.4, -0.2) is 33.2 Å². The lowest BCUT2D eigenvalue weighted by Gasteiger charge is -2.34. The Balaban J connectivity index is 1.53. The molecule has 0 aromatic heterocycles. The van der Waals surface area contributed by atoms with Crippen LogP contribution in [0.1, 0.15) is 41.6 Å². The molecule has 2 aromatic carbocycles. The number of rotatable bonds is 4. The minimum absolute atomic E-state index is 0.0436. The van der Waals surface area contributed by atoms with E-state index in [1.807, 2.05) is 19.9 Å². The van der Waals surface area contributed by atoms with Crippen molar-refractivity contribution in [1.82, 2.24) is 5.32 Å². The number of nitrogens with one attached hydrogen (secondary N) is 1. The minimum Gasteiger partial charge on any atom is -0.476 e. The zero-order valence-corrected chi connectivity index (χ0v) is 17.8. The van der Waals surface area contributed by atoms with E-state index in [-0.39, 0.29) is 18.5 Å². The average Bonchev–Trinajstić information content (AvgIpc) is 3.14. The minimum atomic E-state index is -3.54. The molecule has 0 saturated heterocycles. The highest BCUT2D eigenvalue weighted by molar-refractivity contribution is 7.92. The quantitative estimate of drug-likeness (QED) is 0.835. The number of fused-ring (bicyclic) bond motifs is 2. The maximum Gasteiger partial charge on any atom is 0.263 e. The molecular formula is C22H26N2O4S. The first-order valence-electron chi connectivity index (χ1n) is 9.89. The fourth-order valence-electron chi connectivity index (χ4n) is 4.06. The molecule has 1 aliphatic carbocycles. The Bertz CT molecular complexity index is 1060. The molecule has 1 N–H and O–H groups in total. The summed E-state index contributed by atoms with van der Waals surface area (Å²) in [6.45, 7) is 3.78. The second kappa shape index (κ2) is 7.37. The zero-order valence-electron chi connectivity index (χ0n) is 16.9. The van der Waals surface area contributed by atoms with Gasteiger partial charge in [-0.05, 0) is 67.5 Å². The van der Waals surface area contributed by atoms with Crippen LogP contribution in [0.4, 0.5) is 5.69 Å². The van der Waals surface area contributed by atoms with Gasteiger partial charge in [0.05, 0.1) is 24.5 Å². The summed E-state index contributed by atoms with van der Waals surface area (Å²) in [5, 5.41) is 2.99. The number of hydrogen-bond acceptors (Lipinski definition) is 4. The van der Waals surface area contributed by atoms with E-state index < -0.39 is 16.1 Å². The van der Waals surface area contributed by atoms with Gasteiger partial charge in [0, 0.05) is 0 Å². The normalized spacial score (nSPS) is 19.1. The first-order valence-corrected chi connectivity index (χ1v) is 11.7. The predicted octanol–water partition coefficient (Wildman–Crippen LogP) is 2.89. The molecule has 0 spiro atoms. The van der Waals surface area contributed by atoms with Gasteiger partial charge in [-0.2, -0.15) is 0 Å². The van der Waals surface area contributed by atoms with E-state index in [1.165, 1.54) is 21.9 Å². The van der Waals surface area contributed by atoms with Crippen LogP contribution in [0.5, 0.6) is 5.75 Å². The fraction of sp³-hybridized carbons (Fsp3) is 0.409. The van der Waals surface area contributed by atoms with E-state index in [0.29, 0.717) is 11.4 Å². The summed E-state index contributed by atoms with van der Waals surface area (Å²) in [6, 6.07) is 11.5. The first-order chi connectivity index (χ1) is 13.7. The number of amides is 1. The molecule has 4 rings (SSSR count). The van der Waals surface area contributed by atoms with Gasteiger partial charge in [0.2, 0.25) is 10.0 Å². The summed E-state index contributed by atoms with van der Waals surface area (Å²) in [6.07, 6.45) is 3.61. The molecule has 154 valence electrons. The van der Waals surface area contributed by atoms with Crippen molar-refractivity contribution in [1.29, 1.82) is 0 Å². The van der Waals surface area contributed by atoms with Crippen LogP contribution < -0.4 is 14.4 Å². The highest BCUT2D eigenvalue weighted by Gasteiger charge is 2.35. The lowest BCUT2D eigenvalue weighted by Crippen LogP contribution is -2.50. The lowest BCUT2D eigenvalue weighted by atomic mass is 10.0. The summed E-state index contributed by atoms with van der Waals surface area (Å²) in [5.41, 5.74) is 5.19. The van der Waals surface area contributed by atoms with Crippen molar-refractivity contribution in [3.63, 3.8) is 0 Å². The molecule has 0 bridgehead atoms.